The van der Waals surface area contributed by atoms with E-state index in [4.69, 9.17) is 10.5 Å². The highest BCUT2D eigenvalue weighted by atomic mass is 19.1. The van der Waals surface area contributed by atoms with E-state index in [1.54, 1.807) is 7.11 Å². The zero-order chi connectivity index (χ0) is 13.0. The standard InChI is InChI=1S/C14H21FN2O/c1-18-10-11-4-6-17(7-5-11)14-3-2-12(9-16)8-13(14)15/h2-3,8,11H,4-7,9-10,16H2,1H3. The van der Waals surface area contributed by atoms with E-state index >= 15 is 0 Å². The molecule has 18 heavy (non-hydrogen) atoms. The highest BCUT2D eigenvalue weighted by Crippen LogP contribution is 2.26. The predicted octanol–water partition coefficient (Wildman–Crippen LogP) is 2.15. The van der Waals surface area contributed by atoms with Gasteiger partial charge in [-0.2, -0.15) is 0 Å². The predicted molar refractivity (Wildman–Crippen MR) is 71.1 cm³/mol. The lowest BCUT2D eigenvalue weighted by Gasteiger charge is -2.33. The Balaban J connectivity index is 2.01. The summed E-state index contributed by atoms with van der Waals surface area (Å²) in [4.78, 5) is 2.11. The fraction of sp³-hybridized carbons (Fsp3) is 0.571. The first-order valence-electron chi connectivity index (χ1n) is 6.47. The molecule has 1 saturated heterocycles. The number of hydrogen-bond donors (Lipinski definition) is 1. The average Bonchev–Trinajstić information content (AvgIpc) is 2.40. The number of rotatable bonds is 4. The molecule has 4 heteroatoms. The molecule has 0 aromatic heterocycles. The lowest BCUT2D eigenvalue weighted by atomic mass is 9.97. The Morgan fingerprint density at radius 1 is 1.39 bits per heavy atom. The first-order valence-corrected chi connectivity index (χ1v) is 6.47. The molecule has 2 rings (SSSR count). The first-order chi connectivity index (χ1) is 8.74. The Kier molecular flexibility index (Phi) is 4.55. The summed E-state index contributed by atoms with van der Waals surface area (Å²) in [7, 11) is 1.73. The Labute approximate surface area is 108 Å². The van der Waals surface area contributed by atoms with Gasteiger partial charge < -0.3 is 15.4 Å². The SMILES string of the molecule is COCC1CCN(c2ccc(CN)cc2F)CC1. The van der Waals surface area contributed by atoms with Crippen LogP contribution >= 0.6 is 0 Å². The molecule has 2 N–H and O–H groups in total. The summed E-state index contributed by atoms with van der Waals surface area (Å²) in [6.07, 6.45) is 2.12. The largest absolute Gasteiger partial charge is 0.384 e. The fourth-order valence-electron chi connectivity index (χ4n) is 2.51. The average molecular weight is 252 g/mol. The molecule has 0 amide bonds. The summed E-state index contributed by atoms with van der Waals surface area (Å²) in [6, 6.07) is 5.28. The molecule has 3 nitrogen and oxygen atoms in total. The van der Waals surface area contributed by atoms with Crippen LogP contribution in [-0.2, 0) is 11.3 Å². The number of methoxy groups -OCH3 is 1. The Bertz CT molecular complexity index is 389. The second kappa shape index (κ2) is 6.16. The van der Waals surface area contributed by atoms with Crippen molar-refractivity contribution in [3.63, 3.8) is 0 Å². The maximum absolute atomic E-state index is 13.9. The van der Waals surface area contributed by atoms with Crippen molar-refractivity contribution in [1.82, 2.24) is 0 Å². The van der Waals surface area contributed by atoms with Crippen molar-refractivity contribution < 1.29 is 9.13 Å². The Morgan fingerprint density at radius 3 is 2.67 bits per heavy atom. The van der Waals surface area contributed by atoms with Gasteiger partial charge in [-0.15, -0.1) is 0 Å². The number of ether oxygens (including phenoxy) is 1. The maximum atomic E-state index is 13.9. The van der Waals surface area contributed by atoms with Crippen LogP contribution in [0.15, 0.2) is 18.2 Å². The quantitative estimate of drug-likeness (QED) is 0.892. The molecule has 1 fully saturated rings. The Morgan fingerprint density at radius 2 is 2.11 bits per heavy atom. The van der Waals surface area contributed by atoms with E-state index in [1.807, 2.05) is 12.1 Å². The lowest BCUT2D eigenvalue weighted by molar-refractivity contribution is 0.139. The van der Waals surface area contributed by atoms with Crippen LogP contribution < -0.4 is 10.6 Å². The summed E-state index contributed by atoms with van der Waals surface area (Å²) in [5.74, 6) is 0.445. The molecule has 0 radical (unpaired) electrons. The van der Waals surface area contributed by atoms with Crippen LogP contribution in [0.2, 0.25) is 0 Å². The van der Waals surface area contributed by atoms with Gasteiger partial charge in [-0.3, -0.25) is 0 Å². The van der Waals surface area contributed by atoms with E-state index in [-0.39, 0.29) is 5.82 Å². The highest BCUT2D eigenvalue weighted by Gasteiger charge is 2.21. The molecule has 0 aliphatic carbocycles. The fourth-order valence-corrected chi connectivity index (χ4v) is 2.51. The normalized spacial score (nSPS) is 17.2. The molecule has 1 aromatic rings. The second-order valence-electron chi connectivity index (χ2n) is 4.88. The van der Waals surface area contributed by atoms with Crippen LogP contribution in [0, 0.1) is 11.7 Å². The zero-order valence-electron chi connectivity index (χ0n) is 10.9. The van der Waals surface area contributed by atoms with Crippen LogP contribution in [0.25, 0.3) is 0 Å². The third-order valence-electron chi connectivity index (χ3n) is 3.61. The number of nitrogens with two attached hydrogens (primary N) is 1. The summed E-state index contributed by atoms with van der Waals surface area (Å²) in [6.45, 7) is 2.98. The van der Waals surface area contributed by atoms with Crippen LogP contribution in [0.5, 0.6) is 0 Å². The van der Waals surface area contributed by atoms with E-state index in [9.17, 15) is 4.39 Å². The summed E-state index contributed by atoms with van der Waals surface area (Å²) < 4.78 is 19.1. The van der Waals surface area contributed by atoms with Gasteiger partial charge in [-0.25, -0.2) is 4.39 Å². The number of anilines is 1. The number of nitrogens with zero attached hydrogens (tertiary/aromatic N) is 1. The molecular formula is C14H21FN2O. The molecule has 0 spiro atoms. The van der Waals surface area contributed by atoms with Crippen molar-refractivity contribution in [2.45, 2.75) is 19.4 Å². The van der Waals surface area contributed by atoms with E-state index in [2.05, 4.69) is 4.90 Å². The van der Waals surface area contributed by atoms with Gasteiger partial charge in [0.05, 0.1) is 5.69 Å². The van der Waals surface area contributed by atoms with Gasteiger partial charge in [0.1, 0.15) is 5.82 Å². The van der Waals surface area contributed by atoms with Crippen molar-refractivity contribution in [1.29, 1.82) is 0 Å². The zero-order valence-corrected chi connectivity index (χ0v) is 10.9. The van der Waals surface area contributed by atoms with Crippen molar-refractivity contribution in [3.05, 3.63) is 29.6 Å². The maximum Gasteiger partial charge on any atom is 0.146 e. The second-order valence-corrected chi connectivity index (χ2v) is 4.88. The summed E-state index contributed by atoms with van der Waals surface area (Å²) in [5, 5.41) is 0. The highest BCUT2D eigenvalue weighted by molar-refractivity contribution is 5.49. The first kappa shape index (κ1) is 13.3. The summed E-state index contributed by atoms with van der Waals surface area (Å²) in [5.41, 5.74) is 7.04. The lowest BCUT2D eigenvalue weighted by Crippen LogP contribution is -2.35. The monoisotopic (exact) mass is 252 g/mol. The molecule has 0 saturated carbocycles. The van der Waals surface area contributed by atoms with Crippen molar-refractivity contribution in [2.24, 2.45) is 11.7 Å². The van der Waals surface area contributed by atoms with Gasteiger partial charge in [0, 0.05) is 33.4 Å². The Hall–Kier alpha value is -1.13. The number of hydrogen-bond acceptors (Lipinski definition) is 3. The smallest absolute Gasteiger partial charge is 0.146 e. The molecule has 1 aliphatic rings. The van der Waals surface area contributed by atoms with Crippen LogP contribution in [0.3, 0.4) is 0 Å². The minimum absolute atomic E-state index is 0.164. The summed E-state index contributed by atoms with van der Waals surface area (Å²) >= 11 is 0. The van der Waals surface area contributed by atoms with E-state index in [0.717, 1.165) is 38.1 Å². The number of halogens is 1. The topological polar surface area (TPSA) is 38.5 Å². The third kappa shape index (κ3) is 3.00. The minimum Gasteiger partial charge on any atom is -0.384 e. The number of piperidine rings is 1. The van der Waals surface area contributed by atoms with Crippen molar-refractivity contribution >= 4 is 5.69 Å². The third-order valence-corrected chi connectivity index (χ3v) is 3.61. The molecule has 1 aliphatic heterocycles. The van der Waals surface area contributed by atoms with Gasteiger partial charge in [-0.05, 0) is 36.5 Å². The molecule has 100 valence electrons. The van der Waals surface area contributed by atoms with Gasteiger partial charge >= 0.3 is 0 Å². The van der Waals surface area contributed by atoms with Gasteiger partial charge in [0.15, 0.2) is 0 Å². The van der Waals surface area contributed by atoms with E-state index < -0.39 is 0 Å². The van der Waals surface area contributed by atoms with Crippen LogP contribution in [-0.4, -0.2) is 26.8 Å². The molecule has 1 heterocycles. The van der Waals surface area contributed by atoms with Crippen molar-refractivity contribution in [2.75, 3.05) is 31.7 Å². The van der Waals surface area contributed by atoms with Crippen LogP contribution in [0.1, 0.15) is 18.4 Å². The minimum atomic E-state index is -0.164. The van der Waals surface area contributed by atoms with E-state index in [0.29, 0.717) is 18.2 Å². The van der Waals surface area contributed by atoms with Gasteiger partial charge in [-0.1, -0.05) is 6.07 Å². The molecule has 1 aromatic carbocycles. The number of benzene rings is 1. The molecule has 0 bridgehead atoms. The van der Waals surface area contributed by atoms with Gasteiger partial charge in [0.25, 0.3) is 0 Å². The molecule has 0 unspecified atom stereocenters. The van der Waals surface area contributed by atoms with Crippen LogP contribution in [0.4, 0.5) is 10.1 Å². The van der Waals surface area contributed by atoms with E-state index in [1.165, 1.54) is 6.07 Å². The molecule has 0 atom stereocenters. The van der Waals surface area contributed by atoms with Gasteiger partial charge in [0.2, 0.25) is 0 Å². The van der Waals surface area contributed by atoms with Crippen molar-refractivity contribution in [3.8, 4) is 0 Å². The molecular weight excluding hydrogens is 231 g/mol.